The highest BCUT2D eigenvalue weighted by Crippen LogP contribution is 2.32. The number of halogens is 2. The molecular weight excluding hydrogens is 350 g/mol. The molecule has 0 bridgehead atoms. The monoisotopic (exact) mass is 365 g/mol. The highest BCUT2D eigenvalue weighted by atomic mass is 79.9. The second-order valence-electron chi connectivity index (χ2n) is 4.95. The van der Waals surface area contributed by atoms with Crippen LogP contribution in [0.2, 0.25) is 5.02 Å². The third kappa shape index (κ3) is 3.86. The molecule has 0 aliphatic heterocycles. The number of rotatable bonds is 4. The molecule has 2 aromatic carbocycles. The van der Waals surface area contributed by atoms with Crippen LogP contribution in [0.15, 0.2) is 45.9 Å². The average Bonchev–Trinajstić information content (AvgIpc) is 2.49. The zero-order chi connectivity index (χ0) is 15.4. The van der Waals surface area contributed by atoms with Crippen LogP contribution in [0.1, 0.15) is 37.3 Å². The van der Waals surface area contributed by atoms with Crippen molar-refractivity contribution >= 4 is 39.4 Å². The van der Waals surface area contributed by atoms with Crippen molar-refractivity contribution in [1.29, 1.82) is 0 Å². The van der Waals surface area contributed by atoms with Crippen molar-refractivity contribution in [3.8, 4) is 5.75 Å². The molecule has 110 valence electrons. The van der Waals surface area contributed by atoms with E-state index in [1.54, 1.807) is 18.3 Å². The van der Waals surface area contributed by atoms with Crippen LogP contribution in [0.5, 0.6) is 5.75 Å². The van der Waals surface area contributed by atoms with Crippen molar-refractivity contribution in [1.82, 2.24) is 0 Å². The molecule has 0 saturated carbocycles. The Morgan fingerprint density at radius 1 is 1.33 bits per heavy atom. The fraction of sp³-hybridized carbons (Fsp3) is 0.235. The Labute approximate surface area is 138 Å². The first-order chi connectivity index (χ1) is 10.0. The van der Waals surface area contributed by atoms with Gasteiger partial charge in [-0.15, -0.1) is 0 Å². The van der Waals surface area contributed by atoms with Gasteiger partial charge in [-0.2, -0.15) is 0 Å². The molecule has 0 radical (unpaired) electrons. The van der Waals surface area contributed by atoms with Crippen LogP contribution in [0.4, 0.5) is 5.69 Å². The number of aromatic hydroxyl groups is 1. The van der Waals surface area contributed by atoms with Crippen LogP contribution in [0.25, 0.3) is 0 Å². The summed E-state index contributed by atoms with van der Waals surface area (Å²) < 4.78 is 0.807. The quantitative estimate of drug-likeness (QED) is 0.654. The maximum Gasteiger partial charge on any atom is 0.143 e. The third-order valence-electron chi connectivity index (χ3n) is 3.48. The second kappa shape index (κ2) is 7.10. The van der Waals surface area contributed by atoms with Crippen LogP contribution >= 0.6 is 27.5 Å². The van der Waals surface area contributed by atoms with Gasteiger partial charge in [-0.3, -0.25) is 4.99 Å². The van der Waals surface area contributed by atoms with Crippen LogP contribution in [0, 0.1) is 0 Å². The van der Waals surface area contributed by atoms with E-state index in [1.807, 2.05) is 18.2 Å². The molecule has 4 heteroatoms. The number of phenols is 1. The van der Waals surface area contributed by atoms with Crippen molar-refractivity contribution in [2.75, 3.05) is 0 Å². The van der Waals surface area contributed by atoms with Gasteiger partial charge in [-0.25, -0.2) is 0 Å². The van der Waals surface area contributed by atoms with Crippen molar-refractivity contribution in [3.63, 3.8) is 0 Å². The van der Waals surface area contributed by atoms with Crippen molar-refractivity contribution in [2.45, 2.75) is 26.2 Å². The van der Waals surface area contributed by atoms with Gasteiger partial charge in [0.05, 0.1) is 10.7 Å². The minimum Gasteiger partial charge on any atom is -0.506 e. The first-order valence-electron chi connectivity index (χ1n) is 6.84. The van der Waals surface area contributed by atoms with Gasteiger partial charge in [-0.1, -0.05) is 59.6 Å². The standard InChI is InChI=1S/C17H17BrClNO/c1-3-11(2)14-6-4-5-7-16(14)20-10-12-8-13(18)9-15(19)17(12)21/h4-11,21H,3H2,1-2H3. The molecule has 0 heterocycles. The van der Waals surface area contributed by atoms with Crippen LogP contribution in [-0.4, -0.2) is 11.3 Å². The normalized spacial score (nSPS) is 12.8. The summed E-state index contributed by atoms with van der Waals surface area (Å²) in [6, 6.07) is 11.5. The Hall–Kier alpha value is -1.32. The second-order valence-corrected chi connectivity index (χ2v) is 6.27. The molecule has 2 rings (SSSR count). The molecule has 0 fully saturated rings. The topological polar surface area (TPSA) is 32.6 Å². The molecule has 2 nitrogen and oxygen atoms in total. The smallest absolute Gasteiger partial charge is 0.143 e. The van der Waals surface area contributed by atoms with Gasteiger partial charge < -0.3 is 5.11 Å². The molecule has 1 atom stereocenters. The number of aliphatic imine (C=N–C) groups is 1. The van der Waals surface area contributed by atoms with E-state index in [9.17, 15) is 5.11 Å². The number of phenolic OH excluding ortho intramolecular Hbond substituents is 1. The van der Waals surface area contributed by atoms with E-state index in [-0.39, 0.29) is 5.75 Å². The lowest BCUT2D eigenvalue weighted by Crippen LogP contribution is -1.92. The Balaban J connectivity index is 2.39. The minimum atomic E-state index is 0.0460. The summed E-state index contributed by atoms with van der Waals surface area (Å²) in [5, 5.41) is 10.3. The fourth-order valence-corrected chi connectivity index (χ4v) is 2.90. The Bertz CT molecular complexity index is 670. The summed E-state index contributed by atoms with van der Waals surface area (Å²) in [6.07, 6.45) is 2.70. The van der Waals surface area contributed by atoms with Crippen molar-refractivity contribution in [3.05, 3.63) is 57.0 Å². The molecule has 1 N–H and O–H groups in total. The Morgan fingerprint density at radius 3 is 2.76 bits per heavy atom. The van der Waals surface area contributed by atoms with E-state index in [0.29, 0.717) is 16.5 Å². The van der Waals surface area contributed by atoms with Gasteiger partial charge in [0.15, 0.2) is 0 Å². The summed E-state index contributed by atoms with van der Waals surface area (Å²) in [5.41, 5.74) is 2.72. The lowest BCUT2D eigenvalue weighted by Gasteiger charge is -2.11. The Morgan fingerprint density at radius 2 is 2.05 bits per heavy atom. The largest absolute Gasteiger partial charge is 0.506 e. The predicted molar refractivity (Wildman–Crippen MR) is 93.2 cm³/mol. The number of hydrogen-bond acceptors (Lipinski definition) is 2. The molecule has 0 spiro atoms. The van der Waals surface area contributed by atoms with E-state index in [2.05, 4.69) is 40.8 Å². The Kier molecular flexibility index (Phi) is 5.43. The van der Waals surface area contributed by atoms with Gasteiger partial charge >= 0.3 is 0 Å². The summed E-state index contributed by atoms with van der Waals surface area (Å²) in [5.74, 6) is 0.489. The van der Waals surface area contributed by atoms with Crippen molar-refractivity contribution < 1.29 is 5.11 Å². The zero-order valence-corrected chi connectivity index (χ0v) is 14.3. The van der Waals surface area contributed by atoms with Gasteiger partial charge in [-0.05, 0) is 36.1 Å². The van der Waals surface area contributed by atoms with E-state index in [0.717, 1.165) is 16.6 Å². The van der Waals surface area contributed by atoms with E-state index < -0.39 is 0 Å². The summed E-state index contributed by atoms with van der Waals surface area (Å²) in [7, 11) is 0. The molecule has 2 aromatic rings. The maximum absolute atomic E-state index is 9.98. The molecule has 1 unspecified atom stereocenters. The van der Waals surface area contributed by atoms with Gasteiger partial charge in [0.1, 0.15) is 5.75 Å². The van der Waals surface area contributed by atoms with Crippen LogP contribution in [0.3, 0.4) is 0 Å². The van der Waals surface area contributed by atoms with E-state index in [4.69, 9.17) is 11.6 Å². The van der Waals surface area contributed by atoms with E-state index in [1.165, 1.54) is 5.56 Å². The van der Waals surface area contributed by atoms with Crippen LogP contribution < -0.4 is 0 Å². The first kappa shape index (κ1) is 16.1. The lowest BCUT2D eigenvalue weighted by molar-refractivity contribution is 0.474. The van der Waals surface area contributed by atoms with Crippen molar-refractivity contribution in [2.24, 2.45) is 4.99 Å². The molecular formula is C17H17BrClNO. The highest BCUT2D eigenvalue weighted by molar-refractivity contribution is 9.10. The first-order valence-corrected chi connectivity index (χ1v) is 8.01. The maximum atomic E-state index is 9.98. The van der Waals surface area contributed by atoms with Gasteiger partial charge in [0.2, 0.25) is 0 Å². The number of hydrogen-bond donors (Lipinski definition) is 1. The average molecular weight is 367 g/mol. The van der Waals surface area contributed by atoms with Crippen LogP contribution in [-0.2, 0) is 0 Å². The molecule has 0 amide bonds. The summed E-state index contributed by atoms with van der Waals surface area (Å²) in [4.78, 5) is 4.52. The van der Waals surface area contributed by atoms with Gasteiger partial charge in [0, 0.05) is 16.3 Å². The third-order valence-corrected chi connectivity index (χ3v) is 4.23. The zero-order valence-electron chi connectivity index (χ0n) is 12.0. The molecule has 0 aromatic heterocycles. The fourth-order valence-electron chi connectivity index (χ4n) is 2.07. The number of para-hydroxylation sites is 1. The molecule has 0 saturated heterocycles. The number of nitrogens with zero attached hydrogens (tertiary/aromatic N) is 1. The highest BCUT2D eigenvalue weighted by Gasteiger charge is 2.09. The van der Waals surface area contributed by atoms with E-state index >= 15 is 0 Å². The lowest BCUT2D eigenvalue weighted by atomic mass is 9.97. The molecule has 0 aliphatic rings. The minimum absolute atomic E-state index is 0.0460. The van der Waals surface area contributed by atoms with Gasteiger partial charge in [0.25, 0.3) is 0 Å². The summed E-state index contributed by atoms with van der Waals surface area (Å²) >= 11 is 9.33. The molecule has 0 aliphatic carbocycles. The summed E-state index contributed by atoms with van der Waals surface area (Å²) in [6.45, 7) is 4.34. The predicted octanol–water partition coefficient (Wildman–Crippen LogP) is 6.07. The molecule has 21 heavy (non-hydrogen) atoms. The number of benzene rings is 2. The SMILES string of the molecule is CCC(C)c1ccccc1N=Cc1cc(Br)cc(Cl)c1O.